The van der Waals surface area contributed by atoms with Gasteiger partial charge >= 0.3 is 0 Å². The van der Waals surface area contributed by atoms with Gasteiger partial charge < -0.3 is 10.2 Å². The molecule has 0 aliphatic rings. The molecule has 2 aromatic carbocycles. The van der Waals surface area contributed by atoms with Crippen LogP contribution in [0.5, 0.6) is 11.5 Å². The van der Waals surface area contributed by atoms with Crippen LogP contribution in [0.1, 0.15) is 23.6 Å². The molecule has 0 aromatic heterocycles. The Hall–Kier alpha value is -2.62. The van der Waals surface area contributed by atoms with E-state index >= 15 is 0 Å². The average molecular weight is 285 g/mol. The second kappa shape index (κ2) is 5.79. The van der Waals surface area contributed by atoms with E-state index in [9.17, 15) is 14.6 Å². The molecule has 0 saturated carbocycles. The normalized spacial score (nSPS) is 11.5. The van der Waals surface area contributed by atoms with E-state index < -0.39 is 11.6 Å². The number of hydrogen-bond acceptors (Lipinski definition) is 3. The maximum Gasteiger partial charge on any atom is 0.165 e. The zero-order valence-corrected chi connectivity index (χ0v) is 11.9. The standard InChI is InChI=1S/C17H16FNO2/c1-4-12-7-14(20)9-16(10(12)2)19-11(3)13-5-6-17(21)15(18)8-13/h4-9,20-21H,1H2,2-3H3. The Morgan fingerprint density at radius 1 is 1.24 bits per heavy atom. The maximum absolute atomic E-state index is 13.4. The third-order valence-corrected chi connectivity index (χ3v) is 3.28. The molecule has 2 aromatic rings. The van der Waals surface area contributed by atoms with Gasteiger partial charge in [-0.1, -0.05) is 12.7 Å². The van der Waals surface area contributed by atoms with Crippen molar-refractivity contribution in [1.82, 2.24) is 0 Å². The Balaban J connectivity index is 2.50. The third kappa shape index (κ3) is 3.11. The molecule has 0 saturated heterocycles. The van der Waals surface area contributed by atoms with Crippen LogP contribution in [0.15, 0.2) is 41.9 Å². The summed E-state index contributed by atoms with van der Waals surface area (Å²) in [7, 11) is 0. The molecule has 0 aliphatic heterocycles. The van der Waals surface area contributed by atoms with Crippen molar-refractivity contribution in [3.8, 4) is 11.5 Å². The number of hydrogen-bond donors (Lipinski definition) is 2. The number of rotatable bonds is 3. The fourth-order valence-corrected chi connectivity index (χ4v) is 2.01. The van der Waals surface area contributed by atoms with Crippen LogP contribution in [-0.2, 0) is 0 Å². The Morgan fingerprint density at radius 3 is 2.57 bits per heavy atom. The minimum Gasteiger partial charge on any atom is -0.508 e. The van der Waals surface area contributed by atoms with Gasteiger partial charge in [0.25, 0.3) is 0 Å². The van der Waals surface area contributed by atoms with E-state index in [1.54, 1.807) is 31.2 Å². The van der Waals surface area contributed by atoms with Gasteiger partial charge in [0.1, 0.15) is 5.75 Å². The van der Waals surface area contributed by atoms with Gasteiger partial charge in [0.05, 0.1) is 5.69 Å². The Morgan fingerprint density at radius 2 is 1.95 bits per heavy atom. The summed E-state index contributed by atoms with van der Waals surface area (Å²) < 4.78 is 13.4. The van der Waals surface area contributed by atoms with Crippen LogP contribution < -0.4 is 0 Å². The molecular weight excluding hydrogens is 269 g/mol. The van der Waals surface area contributed by atoms with E-state index in [1.165, 1.54) is 12.1 Å². The SMILES string of the molecule is C=Cc1cc(O)cc(N=C(C)c2ccc(O)c(F)c2)c1C. The van der Waals surface area contributed by atoms with Gasteiger partial charge in [-0.2, -0.15) is 0 Å². The smallest absolute Gasteiger partial charge is 0.165 e. The first-order valence-corrected chi connectivity index (χ1v) is 6.42. The van der Waals surface area contributed by atoms with E-state index in [4.69, 9.17) is 0 Å². The number of phenolic OH excluding ortho intramolecular Hbond substituents is 2. The quantitative estimate of drug-likeness (QED) is 0.825. The summed E-state index contributed by atoms with van der Waals surface area (Å²) >= 11 is 0. The lowest BCUT2D eigenvalue weighted by Crippen LogP contribution is -1.95. The molecule has 0 radical (unpaired) electrons. The first kappa shape index (κ1) is 14.8. The second-order valence-corrected chi connectivity index (χ2v) is 4.75. The summed E-state index contributed by atoms with van der Waals surface area (Å²) in [5.41, 5.74) is 3.40. The van der Waals surface area contributed by atoms with E-state index in [2.05, 4.69) is 11.6 Å². The van der Waals surface area contributed by atoms with Crippen molar-refractivity contribution in [2.75, 3.05) is 0 Å². The van der Waals surface area contributed by atoms with Gasteiger partial charge in [0.2, 0.25) is 0 Å². The van der Waals surface area contributed by atoms with Crippen LogP contribution >= 0.6 is 0 Å². The molecule has 2 N–H and O–H groups in total. The average Bonchev–Trinajstić information content (AvgIpc) is 2.45. The third-order valence-electron chi connectivity index (χ3n) is 3.28. The fraction of sp³-hybridized carbons (Fsp3) is 0.118. The summed E-state index contributed by atoms with van der Waals surface area (Å²) in [6, 6.07) is 7.25. The predicted molar refractivity (Wildman–Crippen MR) is 82.9 cm³/mol. The molecule has 0 spiro atoms. The molecule has 0 heterocycles. The Bertz CT molecular complexity index is 736. The lowest BCUT2D eigenvalue weighted by atomic mass is 10.1. The topological polar surface area (TPSA) is 52.8 Å². The maximum atomic E-state index is 13.4. The summed E-state index contributed by atoms with van der Waals surface area (Å²) in [6.07, 6.45) is 1.64. The molecule has 4 heteroatoms. The van der Waals surface area contributed by atoms with Gasteiger partial charge in [0, 0.05) is 11.8 Å². The molecule has 108 valence electrons. The summed E-state index contributed by atoms with van der Waals surface area (Å²) in [4.78, 5) is 4.43. The molecule has 2 rings (SSSR count). The zero-order chi connectivity index (χ0) is 15.6. The molecule has 0 aliphatic carbocycles. The minimum atomic E-state index is -0.693. The van der Waals surface area contributed by atoms with Gasteiger partial charge in [-0.15, -0.1) is 0 Å². The van der Waals surface area contributed by atoms with Gasteiger partial charge in [-0.05, 0) is 54.8 Å². The molecule has 0 atom stereocenters. The van der Waals surface area contributed by atoms with E-state index in [0.29, 0.717) is 17.0 Å². The Kier molecular flexibility index (Phi) is 4.08. The highest BCUT2D eigenvalue weighted by atomic mass is 19.1. The van der Waals surface area contributed by atoms with Crippen LogP contribution in [0, 0.1) is 12.7 Å². The minimum absolute atomic E-state index is 0.0962. The monoisotopic (exact) mass is 285 g/mol. The number of benzene rings is 2. The zero-order valence-electron chi connectivity index (χ0n) is 11.9. The lowest BCUT2D eigenvalue weighted by molar-refractivity contribution is 0.432. The fourth-order valence-electron chi connectivity index (χ4n) is 2.01. The van der Waals surface area contributed by atoms with Crippen molar-refractivity contribution < 1.29 is 14.6 Å². The largest absolute Gasteiger partial charge is 0.508 e. The number of phenols is 2. The predicted octanol–water partition coefficient (Wildman–Crippen LogP) is 4.33. The molecule has 3 nitrogen and oxygen atoms in total. The van der Waals surface area contributed by atoms with Crippen molar-refractivity contribution in [3.05, 3.63) is 59.4 Å². The van der Waals surface area contributed by atoms with Crippen molar-refractivity contribution in [2.45, 2.75) is 13.8 Å². The summed E-state index contributed by atoms with van der Waals surface area (Å²) in [6.45, 7) is 7.31. The number of halogens is 1. The highest BCUT2D eigenvalue weighted by molar-refractivity contribution is 6.00. The Labute approximate surface area is 122 Å². The van der Waals surface area contributed by atoms with Crippen molar-refractivity contribution in [1.29, 1.82) is 0 Å². The van der Waals surface area contributed by atoms with Crippen LogP contribution in [-0.4, -0.2) is 15.9 Å². The summed E-state index contributed by atoms with van der Waals surface area (Å²) in [5.74, 6) is -0.991. The van der Waals surface area contributed by atoms with Gasteiger partial charge in [-0.3, -0.25) is 4.99 Å². The molecular formula is C17H16FNO2. The van der Waals surface area contributed by atoms with Crippen LogP contribution in [0.25, 0.3) is 6.08 Å². The molecule has 0 amide bonds. The highest BCUT2D eigenvalue weighted by Crippen LogP contribution is 2.29. The van der Waals surface area contributed by atoms with Crippen molar-refractivity contribution in [3.63, 3.8) is 0 Å². The van der Waals surface area contributed by atoms with Crippen molar-refractivity contribution in [2.24, 2.45) is 4.99 Å². The number of aliphatic imine (C=N–C) groups is 1. The molecule has 21 heavy (non-hydrogen) atoms. The molecule has 0 bridgehead atoms. The highest BCUT2D eigenvalue weighted by Gasteiger charge is 2.07. The first-order valence-electron chi connectivity index (χ1n) is 6.42. The molecule has 0 fully saturated rings. The lowest BCUT2D eigenvalue weighted by Gasteiger charge is -2.08. The summed E-state index contributed by atoms with van der Waals surface area (Å²) in [5, 5.41) is 18.9. The first-order chi connectivity index (χ1) is 9.92. The van der Waals surface area contributed by atoms with Crippen LogP contribution in [0.4, 0.5) is 10.1 Å². The molecule has 0 unspecified atom stereocenters. The van der Waals surface area contributed by atoms with Crippen molar-refractivity contribution >= 4 is 17.5 Å². The van der Waals surface area contributed by atoms with Gasteiger partial charge in [0.15, 0.2) is 11.6 Å². The van der Waals surface area contributed by atoms with Crippen LogP contribution in [0.3, 0.4) is 0 Å². The van der Waals surface area contributed by atoms with E-state index in [1.807, 2.05) is 6.92 Å². The van der Waals surface area contributed by atoms with E-state index in [0.717, 1.165) is 11.1 Å². The second-order valence-electron chi connectivity index (χ2n) is 4.75. The number of nitrogens with zero attached hydrogens (tertiary/aromatic N) is 1. The van der Waals surface area contributed by atoms with Gasteiger partial charge in [-0.25, -0.2) is 4.39 Å². The van der Waals surface area contributed by atoms with E-state index in [-0.39, 0.29) is 5.75 Å². The van der Waals surface area contributed by atoms with Crippen LogP contribution in [0.2, 0.25) is 0 Å². The number of aromatic hydroxyl groups is 2.